The molecule has 180 valence electrons. The highest BCUT2D eigenvalue weighted by Gasteiger charge is 2.33. The van der Waals surface area contributed by atoms with Crippen LogP contribution >= 0.6 is 11.8 Å². The molecule has 1 aliphatic heterocycles. The summed E-state index contributed by atoms with van der Waals surface area (Å²) < 4.78 is 12.9. The number of aliphatic hydroxyl groups is 1. The quantitative estimate of drug-likeness (QED) is 0.375. The molecule has 0 radical (unpaired) electrons. The molecule has 0 saturated heterocycles. The van der Waals surface area contributed by atoms with Crippen LogP contribution in [0.4, 0.5) is 5.69 Å². The largest absolute Gasteiger partial charge is 0.506 e. The van der Waals surface area contributed by atoms with E-state index in [-0.39, 0.29) is 17.9 Å². The lowest BCUT2D eigenvalue weighted by atomic mass is 10.2. The van der Waals surface area contributed by atoms with E-state index >= 15 is 0 Å². The highest BCUT2D eigenvalue weighted by Crippen LogP contribution is 2.41. The van der Waals surface area contributed by atoms with Crippen molar-refractivity contribution in [3.63, 3.8) is 0 Å². The SMILES string of the molecule is CCOC(=O)C1=C(O)/C(=C/c2cc(C)n(-c3ccccc3)c2C)SC1=Nc1ccc(OCC)cc1. The zero-order valence-corrected chi connectivity index (χ0v) is 21.1. The highest BCUT2D eigenvalue weighted by atomic mass is 32.2. The lowest BCUT2D eigenvalue weighted by Crippen LogP contribution is -2.12. The second-order valence-electron chi connectivity index (χ2n) is 7.90. The van der Waals surface area contributed by atoms with Gasteiger partial charge in [0.15, 0.2) is 0 Å². The number of nitrogens with zero attached hydrogens (tertiary/aromatic N) is 2. The Balaban J connectivity index is 1.73. The molecule has 0 bridgehead atoms. The monoisotopic (exact) mass is 488 g/mol. The third-order valence-electron chi connectivity index (χ3n) is 5.52. The molecule has 35 heavy (non-hydrogen) atoms. The molecule has 0 unspecified atom stereocenters. The van der Waals surface area contributed by atoms with Crippen molar-refractivity contribution in [3.8, 4) is 11.4 Å². The number of benzene rings is 2. The second-order valence-corrected chi connectivity index (χ2v) is 8.93. The zero-order chi connectivity index (χ0) is 24.9. The lowest BCUT2D eigenvalue weighted by Gasteiger charge is -2.09. The number of para-hydroxylation sites is 1. The maximum atomic E-state index is 12.7. The van der Waals surface area contributed by atoms with E-state index in [4.69, 9.17) is 9.47 Å². The van der Waals surface area contributed by atoms with Gasteiger partial charge in [0.2, 0.25) is 0 Å². The minimum Gasteiger partial charge on any atom is -0.506 e. The molecule has 1 aromatic heterocycles. The van der Waals surface area contributed by atoms with Crippen LogP contribution in [0.25, 0.3) is 11.8 Å². The van der Waals surface area contributed by atoms with Gasteiger partial charge in [-0.3, -0.25) is 0 Å². The number of hydrogen-bond donors (Lipinski definition) is 1. The van der Waals surface area contributed by atoms with Crippen molar-refractivity contribution in [1.29, 1.82) is 0 Å². The van der Waals surface area contributed by atoms with Crippen LogP contribution in [0.1, 0.15) is 30.8 Å². The van der Waals surface area contributed by atoms with Gasteiger partial charge in [0, 0.05) is 17.1 Å². The van der Waals surface area contributed by atoms with Gasteiger partial charge in [0.1, 0.15) is 22.1 Å². The Morgan fingerprint density at radius 2 is 1.77 bits per heavy atom. The zero-order valence-electron chi connectivity index (χ0n) is 20.2. The molecule has 0 atom stereocenters. The third kappa shape index (κ3) is 5.20. The Morgan fingerprint density at radius 1 is 1.06 bits per heavy atom. The first-order valence-corrected chi connectivity index (χ1v) is 12.3. The fourth-order valence-electron chi connectivity index (χ4n) is 3.94. The van der Waals surface area contributed by atoms with E-state index in [0.29, 0.717) is 22.2 Å². The van der Waals surface area contributed by atoms with Gasteiger partial charge in [0.25, 0.3) is 0 Å². The summed E-state index contributed by atoms with van der Waals surface area (Å²) in [5, 5.41) is 11.4. The Labute approximate surface area is 209 Å². The molecule has 1 N–H and O–H groups in total. The van der Waals surface area contributed by atoms with Crippen molar-refractivity contribution in [1.82, 2.24) is 4.57 Å². The smallest absolute Gasteiger partial charge is 0.344 e. The van der Waals surface area contributed by atoms with E-state index in [1.54, 1.807) is 6.92 Å². The third-order valence-corrected chi connectivity index (χ3v) is 6.54. The van der Waals surface area contributed by atoms with Crippen LogP contribution in [0.5, 0.6) is 5.75 Å². The number of carbonyl (C=O) groups is 1. The maximum Gasteiger partial charge on any atom is 0.344 e. The minimum atomic E-state index is -0.597. The van der Waals surface area contributed by atoms with Crippen LogP contribution in [0.3, 0.4) is 0 Å². The molecular weight excluding hydrogens is 460 g/mol. The molecule has 2 aromatic carbocycles. The van der Waals surface area contributed by atoms with Crippen LogP contribution in [0.15, 0.2) is 81.9 Å². The number of carbonyl (C=O) groups excluding carboxylic acids is 1. The van der Waals surface area contributed by atoms with Crippen LogP contribution in [-0.2, 0) is 9.53 Å². The predicted octanol–water partition coefficient (Wildman–Crippen LogP) is 6.69. The molecule has 0 fully saturated rings. The van der Waals surface area contributed by atoms with E-state index in [2.05, 4.69) is 27.8 Å². The predicted molar refractivity (Wildman–Crippen MR) is 142 cm³/mol. The molecule has 1 aliphatic rings. The summed E-state index contributed by atoms with van der Waals surface area (Å²) in [5.74, 6) is 0.0249. The van der Waals surface area contributed by atoms with Crippen molar-refractivity contribution in [3.05, 3.63) is 93.9 Å². The fraction of sp³-hybridized carbons (Fsp3) is 0.214. The fourth-order valence-corrected chi connectivity index (χ4v) is 4.97. The summed E-state index contributed by atoms with van der Waals surface area (Å²) in [7, 11) is 0. The molecule has 7 heteroatoms. The molecule has 2 heterocycles. The summed E-state index contributed by atoms with van der Waals surface area (Å²) >= 11 is 1.25. The van der Waals surface area contributed by atoms with Gasteiger partial charge in [-0.15, -0.1) is 0 Å². The molecule has 0 amide bonds. The highest BCUT2D eigenvalue weighted by molar-refractivity contribution is 8.18. The topological polar surface area (TPSA) is 73.0 Å². The number of thioether (sulfide) groups is 1. The van der Waals surface area contributed by atoms with Crippen LogP contribution < -0.4 is 4.74 Å². The molecule has 6 nitrogen and oxygen atoms in total. The van der Waals surface area contributed by atoms with Gasteiger partial charge in [-0.2, -0.15) is 0 Å². The van der Waals surface area contributed by atoms with Crippen LogP contribution in [0, 0.1) is 13.8 Å². The van der Waals surface area contributed by atoms with Gasteiger partial charge >= 0.3 is 5.97 Å². The number of aromatic nitrogens is 1. The van der Waals surface area contributed by atoms with Crippen molar-refractivity contribution in [2.75, 3.05) is 13.2 Å². The van der Waals surface area contributed by atoms with Crippen molar-refractivity contribution in [2.45, 2.75) is 27.7 Å². The summed E-state index contributed by atoms with van der Waals surface area (Å²) in [6, 6.07) is 19.4. The number of hydrogen-bond acceptors (Lipinski definition) is 6. The normalized spacial score (nSPS) is 15.8. The van der Waals surface area contributed by atoms with E-state index in [9.17, 15) is 9.90 Å². The number of aliphatic hydroxyl groups excluding tert-OH is 1. The van der Waals surface area contributed by atoms with Crippen molar-refractivity contribution in [2.24, 2.45) is 4.99 Å². The van der Waals surface area contributed by atoms with Gasteiger partial charge in [-0.1, -0.05) is 30.0 Å². The number of rotatable bonds is 7. The van der Waals surface area contributed by atoms with Crippen LogP contribution in [-0.4, -0.2) is 33.9 Å². The number of esters is 1. The summed E-state index contributed by atoms with van der Waals surface area (Å²) in [6.45, 7) is 8.51. The van der Waals surface area contributed by atoms with Gasteiger partial charge in [-0.25, -0.2) is 9.79 Å². The molecular formula is C28H28N2O4S. The molecule has 0 spiro atoms. The number of aliphatic imine (C=N–C) groups is 1. The molecule has 0 aliphatic carbocycles. The maximum absolute atomic E-state index is 12.7. The van der Waals surface area contributed by atoms with Gasteiger partial charge < -0.3 is 19.1 Å². The van der Waals surface area contributed by atoms with Gasteiger partial charge in [-0.05, 0) is 81.8 Å². The van der Waals surface area contributed by atoms with E-state index in [0.717, 1.165) is 28.4 Å². The summed E-state index contributed by atoms with van der Waals surface area (Å²) in [5.41, 5.74) is 4.84. The van der Waals surface area contributed by atoms with E-state index in [1.807, 2.05) is 69.3 Å². The number of aryl methyl sites for hydroxylation is 1. The van der Waals surface area contributed by atoms with E-state index in [1.165, 1.54) is 11.8 Å². The minimum absolute atomic E-state index is 0.0776. The molecule has 0 saturated carbocycles. The molecule has 3 aromatic rings. The Kier molecular flexibility index (Phi) is 7.46. The average molecular weight is 489 g/mol. The Morgan fingerprint density at radius 3 is 2.43 bits per heavy atom. The van der Waals surface area contributed by atoms with Crippen molar-refractivity contribution < 1.29 is 19.4 Å². The van der Waals surface area contributed by atoms with Crippen LogP contribution in [0.2, 0.25) is 0 Å². The first-order valence-electron chi connectivity index (χ1n) is 11.5. The van der Waals surface area contributed by atoms with Gasteiger partial charge in [0.05, 0.1) is 23.8 Å². The van der Waals surface area contributed by atoms with E-state index < -0.39 is 5.97 Å². The lowest BCUT2D eigenvalue weighted by molar-refractivity contribution is -0.138. The first kappa shape index (κ1) is 24.4. The Bertz CT molecular complexity index is 1320. The average Bonchev–Trinajstić information content (AvgIpc) is 3.30. The Hall–Kier alpha value is -3.71. The second kappa shape index (κ2) is 10.7. The molecule has 4 rings (SSSR count). The summed E-state index contributed by atoms with van der Waals surface area (Å²) in [4.78, 5) is 17.9. The summed E-state index contributed by atoms with van der Waals surface area (Å²) in [6.07, 6.45) is 1.89. The standard InChI is InChI=1S/C28H28N2O4S/c1-5-33-23-14-12-21(13-15-23)29-27-25(28(32)34-6-2)26(31)24(35-27)17-20-16-18(3)30(19(20)4)22-10-8-7-9-11-22/h7-17,31H,5-6H2,1-4H3/b24-17-,29-27?. The van der Waals surface area contributed by atoms with Crippen molar-refractivity contribution >= 4 is 34.5 Å². The first-order chi connectivity index (χ1) is 16.9. The number of ether oxygens (including phenoxy) is 2.